The summed E-state index contributed by atoms with van der Waals surface area (Å²) in [5.41, 5.74) is 2.82. The summed E-state index contributed by atoms with van der Waals surface area (Å²) in [5.74, 6) is 0.767. The number of nitrogens with zero attached hydrogens (tertiary/aromatic N) is 5. The van der Waals surface area contributed by atoms with E-state index in [1.54, 1.807) is 24.3 Å². The molecule has 3 heterocycles. The van der Waals surface area contributed by atoms with Crippen molar-refractivity contribution in [1.82, 2.24) is 14.9 Å². The molecule has 5 rings (SSSR count). The van der Waals surface area contributed by atoms with Crippen molar-refractivity contribution in [1.29, 1.82) is 0 Å². The molecule has 2 aromatic carbocycles. The van der Waals surface area contributed by atoms with Crippen molar-refractivity contribution < 1.29 is 18.8 Å². The minimum Gasteiger partial charge on any atom is -0.494 e. The van der Waals surface area contributed by atoms with Gasteiger partial charge in [-0.15, -0.1) is 0 Å². The molecule has 12 heteroatoms. The summed E-state index contributed by atoms with van der Waals surface area (Å²) in [5, 5.41) is 7.93. The molecule has 2 saturated heterocycles. The number of carbonyl (C=O) groups is 1. The van der Waals surface area contributed by atoms with Crippen LogP contribution in [0.25, 0.3) is 0 Å². The van der Waals surface area contributed by atoms with Gasteiger partial charge in [-0.1, -0.05) is 24.2 Å². The number of hydrogen-bond donors (Lipinski definition) is 2. The molecular formula is C28H31ClFN7O3. The number of piperazine rings is 1. The third-order valence-electron chi connectivity index (χ3n) is 6.98. The van der Waals surface area contributed by atoms with E-state index in [1.165, 1.54) is 24.5 Å². The summed E-state index contributed by atoms with van der Waals surface area (Å²) >= 11 is 5.88. The quantitative estimate of drug-likeness (QED) is 0.373. The van der Waals surface area contributed by atoms with E-state index in [2.05, 4.69) is 44.0 Å². The molecule has 0 saturated carbocycles. The number of benzene rings is 2. The fourth-order valence-electron chi connectivity index (χ4n) is 4.82. The Hall–Kier alpha value is -3.93. The molecule has 1 atom stereocenters. The van der Waals surface area contributed by atoms with Gasteiger partial charge in [-0.3, -0.25) is 9.63 Å². The van der Waals surface area contributed by atoms with Crippen LogP contribution in [0.4, 0.5) is 33.1 Å². The highest BCUT2D eigenvalue weighted by Gasteiger charge is 2.30. The number of carbonyl (C=O) groups excluding carboxylic acids is 1. The summed E-state index contributed by atoms with van der Waals surface area (Å²) < 4.78 is 19.9. The fourth-order valence-corrected chi connectivity index (χ4v) is 4.94. The van der Waals surface area contributed by atoms with Gasteiger partial charge < -0.3 is 25.2 Å². The van der Waals surface area contributed by atoms with Crippen LogP contribution < -0.4 is 25.3 Å². The van der Waals surface area contributed by atoms with Crippen molar-refractivity contribution in [2.24, 2.45) is 0 Å². The molecular weight excluding hydrogens is 537 g/mol. The predicted molar refractivity (Wildman–Crippen MR) is 154 cm³/mol. The van der Waals surface area contributed by atoms with Crippen molar-refractivity contribution in [2.45, 2.75) is 12.5 Å². The highest BCUT2D eigenvalue weighted by atomic mass is 35.5. The lowest BCUT2D eigenvalue weighted by molar-refractivity contribution is -0.111. The van der Waals surface area contributed by atoms with E-state index >= 15 is 0 Å². The van der Waals surface area contributed by atoms with Gasteiger partial charge >= 0.3 is 0 Å². The highest BCUT2D eigenvalue weighted by Crippen LogP contribution is 2.40. The lowest BCUT2D eigenvalue weighted by Crippen LogP contribution is -2.44. The van der Waals surface area contributed by atoms with Gasteiger partial charge in [-0.2, -0.15) is 0 Å². The maximum absolute atomic E-state index is 14.2. The SMILES string of the molecule is C=CC(=O)Nc1cc(Nc2cc(N3OCCC3c3ccc(Cl)c(F)c3)ncn2)c(OC)cc1N1CCN(C)CC1. The number of hydroxylamine groups is 1. The molecule has 1 aromatic heterocycles. The highest BCUT2D eigenvalue weighted by molar-refractivity contribution is 6.30. The van der Waals surface area contributed by atoms with E-state index in [0.29, 0.717) is 41.8 Å². The van der Waals surface area contributed by atoms with Crippen LogP contribution in [0, 0.1) is 5.82 Å². The maximum atomic E-state index is 14.2. The molecule has 2 aliphatic rings. The summed E-state index contributed by atoms with van der Waals surface area (Å²) in [6.07, 6.45) is 3.31. The molecule has 2 N–H and O–H groups in total. The topological polar surface area (TPSA) is 95.1 Å². The number of aromatic nitrogens is 2. The second-order valence-electron chi connectivity index (χ2n) is 9.58. The molecule has 10 nitrogen and oxygen atoms in total. The number of halogens is 2. The summed E-state index contributed by atoms with van der Waals surface area (Å²) in [6, 6.07) is 9.96. The minimum atomic E-state index is -0.484. The van der Waals surface area contributed by atoms with E-state index in [9.17, 15) is 9.18 Å². The van der Waals surface area contributed by atoms with Crippen LogP contribution >= 0.6 is 11.6 Å². The first-order valence-electron chi connectivity index (χ1n) is 12.9. The summed E-state index contributed by atoms with van der Waals surface area (Å²) in [4.78, 5) is 31.4. The van der Waals surface area contributed by atoms with Crippen LogP contribution in [0.1, 0.15) is 18.0 Å². The Morgan fingerprint density at radius 2 is 1.98 bits per heavy atom. The van der Waals surface area contributed by atoms with Gasteiger partial charge in [0.25, 0.3) is 0 Å². The molecule has 0 bridgehead atoms. The third kappa shape index (κ3) is 5.96. The molecule has 2 fully saturated rings. The standard InChI is InChI=1S/C28H31ClFN7O3/c1-4-28(38)34-21-14-22(25(39-3)15-24(21)36-10-8-35(2)9-11-36)33-26-16-27(32-17-31-26)37-23(7-12-40-37)18-5-6-19(29)20(30)13-18/h4-6,13-17,23H,1,7-12H2,2-3H3,(H,34,38)(H,31,32,33). The second-order valence-corrected chi connectivity index (χ2v) is 9.98. The fraction of sp³-hybridized carbons (Fsp3) is 0.321. The second kappa shape index (κ2) is 12.1. The predicted octanol–water partition coefficient (Wildman–Crippen LogP) is 4.78. The van der Waals surface area contributed by atoms with Gasteiger partial charge in [0, 0.05) is 44.7 Å². The first-order valence-corrected chi connectivity index (χ1v) is 13.3. The average molecular weight is 568 g/mol. The van der Waals surface area contributed by atoms with Crippen LogP contribution in [-0.4, -0.2) is 67.7 Å². The van der Waals surface area contributed by atoms with Gasteiger partial charge in [0.05, 0.1) is 41.8 Å². The minimum absolute atomic E-state index is 0.0685. The smallest absolute Gasteiger partial charge is 0.247 e. The number of hydrogen-bond acceptors (Lipinski definition) is 9. The zero-order valence-electron chi connectivity index (χ0n) is 22.4. The van der Waals surface area contributed by atoms with Gasteiger partial charge in [-0.05, 0) is 36.9 Å². The van der Waals surface area contributed by atoms with Gasteiger partial charge in [0.15, 0.2) is 5.82 Å². The van der Waals surface area contributed by atoms with E-state index < -0.39 is 5.82 Å². The molecule has 40 heavy (non-hydrogen) atoms. The van der Waals surface area contributed by atoms with E-state index in [0.717, 1.165) is 37.4 Å². The molecule has 2 aliphatic heterocycles. The van der Waals surface area contributed by atoms with Gasteiger partial charge in [0.2, 0.25) is 5.91 Å². The number of methoxy groups -OCH3 is 1. The van der Waals surface area contributed by atoms with Crippen molar-refractivity contribution >= 4 is 46.2 Å². The number of ether oxygens (including phenoxy) is 1. The Kier molecular flexibility index (Phi) is 8.34. The third-order valence-corrected chi connectivity index (χ3v) is 7.29. The summed E-state index contributed by atoms with van der Waals surface area (Å²) in [7, 11) is 3.68. The average Bonchev–Trinajstić information content (AvgIpc) is 3.45. The number of amides is 1. The molecule has 0 radical (unpaired) electrons. The van der Waals surface area contributed by atoms with Crippen LogP contribution in [0.3, 0.4) is 0 Å². The lowest BCUT2D eigenvalue weighted by Gasteiger charge is -2.35. The zero-order valence-corrected chi connectivity index (χ0v) is 23.1. The molecule has 0 spiro atoms. The first kappa shape index (κ1) is 27.6. The van der Waals surface area contributed by atoms with Crippen molar-refractivity contribution in [2.75, 3.05) is 67.5 Å². The summed E-state index contributed by atoms with van der Waals surface area (Å²) in [6.45, 7) is 7.47. The van der Waals surface area contributed by atoms with Crippen molar-refractivity contribution in [3.8, 4) is 5.75 Å². The molecule has 3 aromatic rings. The van der Waals surface area contributed by atoms with Gasteiger partial charge in [-0.25, -0.2) is 19.4 Å². The maximum Gasteiger partial charge on any atom is 0.247 e. The monoisotopic (exact) mass is 567 g/mol. The number of anilines is 5. The Balaban J connectivity index is 1.44. The first-order chi connectivity index (χ1) is 19.4. The number of likely N-dealkylation sites (N-methyl/N-ethyl adjacent to an activating group) is 1. The molecule has 1 unspecified atom stereocenters. The lowest BCUT2D eigenvalue weighted by atomic mass is 10.0. The van der Waals surface area contributed by atoms with Crippen LogP contribution in [-0.2, 0) is 9.63 Å². The Labute approximate surface area is 237 Å². The van der Waals surface area contributed by atoms with E-state index in [-0.39, 0.29) is 17.0 Å². The molecule has 1 amide bonds. The van der Waals surface area contributed by atoms with E-state index in [4.69, 9.17) is 21.2 Å². The molecule has 0 aliphatic carbocycles. The number of nitrogens with one attached hydrogen (secondary N) is 2. The Morgan fingerprint density at radius 1 is 1.18 bits per heavy atom. The van der Waals surface area contributed by atoms with Crippen LogP contribution in [0.2, 0.25) is 5.02 Å². The van der Waals surface area contributed by atoms with Crippen LogP contribution in [0.15, 0.2) is 55.4 Å². The van der Waals surface area contributed by atoms with Crippen molar-refractivity contribution in [3.05, 3.63) is 71.8 Å². The Bertz CT molecular complexity index is 1400. The number of rotatable bonds is 8. The molecule has 210 valence electrons. The van der Waals surface area contributed by atoms with Crippen LogP contribution in [0.5, 0.6) is 5.75 Å². The van der Waals surface area contributed by atoms with E-state index in [1.807, 2.05) is 12.1 Å². The largest absolute Gasteiger partial charge is 0.494 e. The Morgan fingerprint density at radius 3 is 2.70 bits per heavy atom. The van der Waals surface area contributed by atoms with Crippen molar-refractivity contribution in [3.63, 3.8) is 0 Å². The normalized spacial score (nSPS) is 17.6. The zero-order chi connectivity index (χ0) is 28.2. The van der Waals surface area contributed by atoms with Gasteiger partial charge in [0.1, 0.15) is 23.7 Å².